The Kier molecular flexibility index (Phi) is 7.47. The topological polar surface area (TPSA) is 99.0 Å². The number of allylic oxidation sites excluding steroid dienone is 1. The molecule has 0 aliphatic rings. The van der Waals surface area contributed by atoms with Gasteiger partial charge in [-0.05, 0) is 30.7 Å². The third kappa shape index (κ3) is 6.17. The number of amides is 1. The number of carbonyl (C=O) groups excluding carboxylic acids is 2. The van der Waals surface area contributed by atoms with Gasteiger partial charge in [0.1, 0.15) is 0 Å². The van der Waals surface area contributed by atoms with Gasteiger partial charge in [0, 0.05) is 31.8 Å². The molecular weight excluding hydrogens is 376 g/mol. The zero-order chi connectivity index (χ0) is 21.4. The van der Waals surface area contributed by atoms with E-state index in [0.29, 0.717) is 23.7 Å². The maximum atomic E-state index is 12.3. The Labute approximate surface area is 168 Å². The van der Waals surface area contributed by atoms with E-state index in [1.54, 1.807) is 38.4 Å². The van der Waals surface area contributed by atoms with Gasteiger partial charge >= 0.3 is 0 Å². The fourth-order valence-electron chi connectivity index (χ4n) is 2.33. The lowest BCUT2D eigenvalue weighted by Crippen LogP contribution is -2.27. The highest BCUT2D eigenvalue weighted by Crippen LogP contribution is 2.29. The van der Waals surface area contributed by atoms with Crippen molar-refractivity contribution in [3.63, 3.8) is 0 Å². The van der Waals surface area contributed by atoms with Crippen molar-refractivity contribution >= 4 is 23.5 Å². The number of nitro groups is 1. The first-order valence-electron chi connectivity index (χ1n) is 8.88. The first-order valence-corrected chi connectivity index (χ1v) is 8.88. The van der Waals surface area contributed by atoms with Crippen LogP contribution in [0.3, 0.4) is 0 Å². The maximum Gasteiger partial charge on any atom is 0.270 e. The molecule has 0 fully saturated rings. The summed E-state index contributed by atoms with van der Waals surface area (Å²) in [5.41, 5.74) is 0.762. The minimum absolute atomic E-state index is 0.118. The smallest absolute Gasteiger partial charge is 0.270 e. The van der Waals surface area contributed by atoms with Gasteiger partial charge in [-0.15, -0.1) is 0 Å². The molecule has 0 spiro atoms. The van der Waals surface area contributed by atoms with Gasteiger partial charge in [0.2, 0.25) is 0 Å². The number of hydrogen-bond donors (Lipinski definition) is 0. The highest BCUT2D eigenvalue weighted by Gasteiger charge is 2.11. The van der Waals surface area contributed by atoms with E-state index < -0.39 is 4.92 Å². The second kappa shape index (κ2) is 10.0. The molecule has 2 aromatic carbocycles. The third-order valence-corrected chi connectivity index (χ3v) is 3.89. The predicted octanol–water partition coefficient (Wildman–Crippen LogP) is 3.36. The number of nitro benzene ring substituents is 1. The SMILES string of the molecule is CCOc1cc(/C=C/C(=O)c2cccc([N+](=O)[O-])c2)ccc1OCC(=O)N(C)C. The number of carbonyl (C=O) groups is 2. The van der Waals surface area contributed by atoms with E-state index in [-0.39, 0.29) is 29.5 Å². The Morgan fingerprint density at radius 1 is 1.10 bits per heavy atom. The van der Waals surface area contributed by atoms with Crippen LogP contribution in [0.5, 0.6) is 11.5 Å². The Hall–Kier alpha value is -3.68. The van der Waals surface area contributed by atoms with Gasteiger partial charge in [-0.1, -0.05) is 24.3 Å². The van der Waals surface area contributed by atoms with Crippen molar-refractivity contribution in [2.75, 3.05) is 27.3 Å². The molecule has 0 atom stereocenters. The zero-order valence-electron chi connectivity index (χ0n) is 16.5. The summed E-state index contributed by atoms with van der Waals surface area (Å²) in [5, 5.41) is 10.8. The van der Waals surface area contributed by atoms with Crippen LogP contribution in [0.25, 0.3) is 6.08 Å². The summed E-state index contributed by atoms with van der Waals surface area (Å²) >= 11 is 0. The molecule has 0 aliphatic heterocycles. The first kappa shape index (κ1) is 21.6. The molecule has 8 heteroatoms. The summed E-state index contributed by atoms with van der Waals surface area (Å²) in [4.78, 5) is 35.7. The molecule has 2 rings (SSSR count). The molecule has 29 heavy (non-hydrogen) atoms. The van der Waals surface area contributed by atoms with Crippen LogP contribution in [0.1, 0.15) is 22.8 Å². The summed E-state index contributed by atoms with van der Waals surface area (Å²) in [5.74, 6) is 0.329. The van der Waals surface area contributed by atoms with Gasteiger partial charge < -0.3 is 14.4 Å². The van der Waals surface area contributed by atoms with Gasteiger partial charge in [-0.2, -0.15) is 0 Å². The van der Waals surface area contributed by atoms with Crippen LogP contribution in [-0.2, 0) is 4.79 Å². The minimum atomic E-state index is -0.547. The van der Waals surface area contributed by atoms with Crippen molar-refractivity contribution in [3.8, 4) is 11.5 Å². The monoisotopic (exact) mass is 398 g/mol. The average molecular weight is 398 g/mol. The second-order valence-corrected chi connectivity index (χ2v) is 6.22. The minimum Gasteiger partial charge on any atom is -0.490 e. The van der Waals surface area contributed by atoms with E-state index in [1.807, 2.05) is 6.92 Å². The number of benzene rings is 2. The standard InChI is InChI=1S/C21H22N2O6/c1-4-28-20-12-15(9-11-19(20)29-14-21(25)22(2)3)8-10-18(24)16-6-5-7-17(13-16)23(26)27/h5-13H,4,14H2,1-3H3/b10-8+. The number of ketones is 1. The molecule has 0 bridgehead atoms. The van der Waals surface area contributed by atoms with Crippen molar-refractivity contribution in [1.29, 1.82) is 0 Å². The van der Waals surface area contributed by atoms with Crippen LogP contribution in [-0.4, -0.2) is 48.8 Å². The number of ether oxygens (including phenoxy) is 2. The number of nitrogens with zero attached hydrogens (tertiary/aromatic N) is 2. The van der Waals surface area contributed by atoms with Crippen LogP contribution in [0, 0.1) is 10.1 Å². The van der Waals surface area contributed by atoms with E-state index in [9.17, 15) is 19.7 Å². The fraction of sp³-hybridized carbons (Fsp3) is 0.238. The molecule has 0 aromatic heterocycles. The Bertz CT molecular complexity index is 937. The Morgan fingerprint density at radius 2 is 1.86 bits per heavy atom. The quantitative estimate of drug-likeness (QED) is 0.278. The predicted molar refractivity (Wildman–Crippen MR) is 108 cm³/mol. The molecule has 0 saturated carbocycles. The van der Waals surface area contributed by atoms with E-state index in [4.69, 9.17) is 9.47 Å². The van der Waals surface area contributed by atoms with Crippen molar-refractivity contribution in [1.82, 2.24) is 4.90 Å². The largest absolute Gasteiger partial charge is 0.490 e. The number of hydrogen-bond acceptors (Lipinski definition) is 6. The molecule has 0 aliphatic carbocycles. The van der Waals surface area contributed by atoms with Crippen molar-refractivity contribution < 1.29 is 24.0 Å². The lowest BCUT2D eigenvalue weighted by molar-refractivity contribution is -0.384. The third-order valence-electron chi connectivity index (χ3n) is 3.89. The molecule has 1 amide bonds. The summed E-state index contributed by atoms with van der Waals surface area (Å²) in [7, 11) is 3.28. The van der Waals surface area contributed by atoms with Crippen LogP contribution in [0.2, 0.25) is 0 Å². The number of likely N-dealkylation sites (N-methyl/N-ethyl adjacent to an activating group) is 1. The summed E-state index contributed by atoms with van der Waals surface area (Å²) < 4.78 is 11.1. The molecule has 0 radical (unpaired) electrons. The van der Waals surface area contributed by atoms with Crippen LogP contribution in [0.15, 0.2) is 48.5 Å². The molecule has 2 aromatic rings. The Morgan fingerprint density at radius 3 is 2.52 bits per heavy atom. The molecule has 0 saturated heterocycles. The van der Waals surface area contributed by atoms with Crippen molar-refractivity contribution in [2.45, 2.75) is 6.92 Å². The maximum absolute atomic E-state index is 12.3. The van der Waals surface area contributed by atoms with Crippen LogP contribution in [0.4, 0.5) is 5.69 Å². The summed E-state index contributed by atoms with van der Waals surface area (Å²) in [6, 6.07) is 10.6. The molecule has 0 heterocycles. The number of non-ortho nitro benzene ring substituents is 1. The van der Waals surface area contributed by atoms with E-state index in [0.717, 1.165) is 0 Å². The lowest BCUT2D eigenvalue weighted by atomic mass is 10.1. The second-order valence-electron chi connectivity index (χ2n) is 6.22. The summed E-state index contributed by atoms with van der Waals surface area (Å²) in [6.07, 6.45) is 2.92. The zero-order valence-corrected chi connectivity index (χ0v) is 16.5. The fourth-order valence-corrected chi connectivity index (χ4v) is 2.33. The van der Waals surface area contributed by atoms with Gasteiger partial charge in [0.25, 0.3) is 11.6 Å². The highest BCUT2D eigenvalue weighted by atomic mass is 16.6. The van der Waals surface area contributed by atoms with Crippen LogP contribution < -0.4 is 9.47 Å². The molecular formula is C21H22N2O6. The van der Waals surface area contributed by atoms with Gasteiger partial charge in [0.15, 0.2) is 23.9 Å². The van der Waals surface area contributed by atoms with Gasteiger partial charge in [0.05, 0.1) is 11.5 Å². The van der Waals surface area contributed by atoms with E-state index in [2.05, 4.69) is 0 Å². The van der Waals surface area contributed by atoms with E-state index in [1.165, 1.54) is 35.2 Å². The van der Waals surface area contributed by atoms with E-state index >= 15 is 0 Å². The molecule has 0 N–H and O–H groups in total. The van der Waals surface area contributed by atoms with Gasteiger partial charge in [-0.25, -0.2) is 0 Å². The van der Waals surface area contributed by atoms with Crippen LogP contribution >= 0.6 is 0 Å². The van der Waals surface area contributed by atoms with Crippen molar-refractivity contribution in [2.24, 2.45) is 0 Å². The molecule has 0 unspecified atom stereocenters. The average Bonchev–Trinajstić information content (AvgIpc) is 2.71. The highest BCUT2D eigenvalue weighted by molar-refractivity contribution is 6.07. The Balaban J connectivity index is 2.16. The summed E-state index contributed by atoms with van der Waals surface area (Å²) in [6.45, 7) is 2.11. The molecule has 152 valence electrons. The molecule has 8 nitrogen and oxygen atoms in total. The van der Waals surface area contributed by atoms with Gasteiger partial charge in [-0.3, -0.25) is 19.7 Å². The lowest BCUT2D eigenvalue weighted by Gasteiger charge is -2.14. The normalized spacial score (nSPS) is 10.6. The van der Waals surface area contributed by atoms with Crippen molar-refractivity contribution in [3.05, 3.63) is 69.8 Å². The first-order chi connectivity index (χ1) is 13.8. The number of rotatable bonds is 9.